The monoisotopic (exact) mass is 301 g/mol. The molecule has 0 heterocycles. The van der Waals surface area contributed by atoms with Gasteiger partial charge in [0.05, 0.1) is 18.1 Å². The lowest BCUT2D eigenvalue weighted by atomic mass is 10.1. The maximum absolute atomic E-state index is 11.7. The number of hydrogen-bond acceptors (Lipinski definition) is 5. The van der Waals surface area contributed by atoms with E-state index in [1.165, 1.54) is 0 Å². The van der Waals surface area contributed by atoms with E-state index >= 15 is 0 Å². The van der Waals surface area contributed by atoms with Gasteiger partial charge in [-0.05, 0) is 26.8 Å². The van der Waals surface area contributed by atoms with Crippen LogP contribution in [0.4, 0.5) is 0 Å². The Labute approximate surface area is 121 Å². The highest BCUT2D eigenvalue weighted by molar-refractivity contribution is 7.91. The minimum absolute atomic E-state index is 0.0136. The second kappa shape index (κ2) is 6.95. The molecule has 1 aromatic rings. The van der Waals surface area contributed by atoms with Crippen LogP contribution in [0, 0.1) is 0 Å². The Morgan fingerprint density at radius 3 is 2.40 bits per heavy atom. The number of nitrogens with two attached hydrogens (primary N) is 1. The minimum atomic E-state index is -3.10. The number of rotatable bonds is 7. The van der Waals surface area contributed by atoms with E-state index in [-0.39, 0.29) is 18.4 Å². The SMILES string of the molecule is COc1ccc([C@H](C)N)c(OCCS(=O)(=O)C(C)C)c1. The fourth-order valence-electron chi connectivity index (χ4n) is 1.65. The first-order valence-electron chi connectivity index (χ1n) is 6.55. The van der Waals surface area contributed by atoms with Crippen LogP contribution in [0.5, 0.6) is 11.5 Å². The first-order chi connectivity index (χ1) is 9.27. The normalized spacial score (nSPS) is 13.3. The molecule has 0 radical (unpaired) electrons. The molecule has 1 atom stereocenters. The third kappa shape index (κ3) is 4.38. The van der Waals surface area contributed by atoms with Crippen LogP contribution in [0.3, 0.4) is 0 Å². The molecule has 0 saturated heterocycles. The van der Waals surface area contributed by atoms with E-state index in [1.54, 1.807) is 33.1 Å². The second-order valence-electron chi connectivity index (χ2n) is 4.96. The number of hydrogen-bond donors (Lipinski definition) is 1. The number of methoxy groups -OCH3 is 1. The van der Waals surface area contributed by atoms with Crippen LogP contribution in [-0.2, 0) is 9.84 Å². The quantitative estimate of drug-likeness (QED) is 0.832. The fourth-order valence-corrected chi connectivity index (χ4v) is 2.43. The van der Waals surface area contributed by atoms with E-state index in [0.717, 1.165) is 5.56 Å². The van der Waals surface area contributed by atoms with Gasteiger partial charge in [0.1, 0.15) is 18.1 Å². The molecule has 0 unspecified atom stereocenters. The van der Waals surface area contributed by atoms with Crippen LogP contribution < -0.4 is 15.2 Å². The average Bonchev–Trinajstić information content (AvgIpc) is 2.37. The molecule has 1 aromatic carbocycles. The second-order valence-corrected chi connectivity index (χ2v) is 7.63. The molecule has 0 fully saturated rings. The zero-order valence-electron chi connectivity index (χ0n) is 12.4. The van der Waals surface area contributed by atoms with E-state index in [4.69, 9.17) is 15.2 Å². The number of sulfone groups is 1. The molecule has 2 N–H and O–H groups in total. The maximum atomic E-state index is 11.7. The molecule has 0 bridgehead atoms. The molecule has 0 aromatic heterocycles. The van der Waals surface area contributed by atoms with Crippen LogP contribution in [0.25, 0.3) is 0 Å². The summed E-state index contributed by atoms with van der Waals surface area (Å²) in [6.45, 7) is 5.27. The Kier molecular flexibility index (Phi) is 5.83. The third-order valence-electron chi connectivity index (χ3n) is 3.05. The lowest BCUT2D eigenvalue weighted by Gasteiger charge is -2.15. The van der Waals surface area contributed by atoms with Crippen LogP contribution in [0.15, 0.2) is 18.2 Å². The third-order valence-corrected chi connectivity index (χ3v) is 5.23. The van der Waals surface area contributed by atoms with Crippen LogP contribution >= 0.6 is 0 Å². The first-order valence-corrected chi connectivity index (χ1v) is 8.27. The summed E-state index contributed by atoms with van der Waals surface area (Å²) in [6, 6.07) is 5.16. The van der Waals surface area contributed by atoms with Gasteiger partial charge in [0, 0.05) is 17.7 Å². The average molecular weight is 301 g/mol. The summed E-state index contributed by atoms with van der Waals surface area (Å²) in [5.74, 6) is 1.20. The summed E-state index contributed by atoms with van der Waals surface area (Å²) in [7, 11) is -1.54. The highest BCUT2D eigenvalue weighted by Crippen LogP contribution is 2.28. The smallest absolute Gasteiger partial charge is 0.155 e. The molecule has 0 saturated carbocycles. The van der Waals surface area contributed by atoms with Gasteiger partial charge in [-0.2, -0.15) is 0 Å². The van der Waals surface area contributed by atoms with Crippen LogP contribution in [-0.4, -0.2) is 33.1 Å². The molecular weight excluding hydrogens is 278 g/mol. The Hall–Kier alpha value is -1.27. The van der Waals surface area contributed by atoms with Crippen molar-refractivity contribution < 1.29 is 17.9 Å². The highest BCUT2D eigenvalue weighted by atomic mass is 32.2. The van der Waals surface area contributed by atoms with Gasteiger partial charge >= 0.3 is 0 Å². The van der Waals surface area contributed by atoms with Crippen molar-refractivity contribution in [1.82, 2.24) is 0 Å². The molecule has 6 heteroatoms. The molecule has 0 spiro atoms. The lowest BCUT2D eigenvalue weighted by Crippen LogP contribution is -2.22. The van der Waals surface area contributed by atoms with Gasteiger partial charge in [-0.3, -0.25) is 0 Å². The Balaban J connectivity index is 2.81. The van der Waals surface area contributed by atoms with Crippen molar-refractivity contribution in [3.05, 3.63) is 23.8 Å². The van der Waals surface area contributed by atoms with Crippen molar-refractivity contribution in [2.75, 3.05) is 19.5 Å². The van der Waals surface area contributed by atoms with Gasteiger partial charge in [-0.25, -0.2) is 8.42 Å². The van der Waals surface area contributed by atoms with Gasteiger partial charge in [-0.15, -0.1) is 0 Å². The summed E-state index contributed by atoms with van der Waals surface area (Å²) in [6.07, 6.45) is 0. The van der Waals surface area contributed by atoms with Gasteiger partial charge in [0.25, 0.3) is 0 Å². The van der Waals surface area contributed by atoms with E-state index < -0.39 is 15.1 Å². The van der Waals surface area contributed by atoms with Crippen LogP contribution in [0.1, 0.15) is 32.4 Å². The van der Waals surface area contributed by atoms with Crippen molar-refractivity contribution in [3.8, 4) is 11.5 Å². The van der Waals surface area contributed by atoms with Crippen molar-refractivity contribution >= 4 is 9.84 Å². The van der Waals surface area contributed by atoms with E-state index in [2.05, 4.69) is 0 Å². The molecule has 0 aliphatic carbocycles. The molecule has 5 nitrogen and oxygen atoms in total. The van der Waals surface area contributed by atoms with Gasteiger partial charge in [-0.1, -0.05) is 6.07 Å². The Morgan fingerprint density at radius 1 is 1.25 bits per heavy atom. The predicted octanol–water partition coefficient (Wildman–Crippen LogP) is 1.92. The summed E-state index contributed by atoms with van der Waals surface area (Å²) >= 11 is 0. The summed E-state index contributed by atoms with van der Waals surface area (Å²) < 4.78 is 34.2. The molecule has 114 valence electrons. The van der Waals surface area contributed by atoms with Crippen LogP contribution in [0.2, 0.25) is 0 Å². The maximum Gasteiger partial charge on any atom is 0.155 e. The zero-order chi connectivity index (χ0) is 15.3. The minimum Gasteiger partial charge on any atom is -0.497 e. The Bertz CT molecular complexity index is 538. The molecule has 20 heavy (non-hydrogen) atoms. The molecular formula is C14H23NO4S. The highest BCUT2D eigenvalue weighted by Gasteiger charge is 2.17. The van der Waals surface area contributed by atoms with E-state index in [0.29, 0.717) is 11.5 Å². The summed E-state index contributed by atoms with van der Waals surface area (Å²) in [5, 5.41) is -0.399. The first kappa shape index (κ1) is 16.8. The van der Waals surface area contributed by atoms with E-state index in [1.807, 2.05) is 13.0 Å². The standard InChI is InChI=1S/C14H23NO4S/c1-10(2)20(16,17)8-7-19-14-9-12(18-4)5-6-13(14)11(3)15/h5-6,9-11H,7-8,15H2,1-4H3/t11-/m0/s1. The van der Waals surface area contributed by atoms with Crippen molar-refractivity contribution in [2.45, 2.75) is 32.1 Å². The van der Waals surface area contributed by atoms with Crippen molar-refractivity contribution in [1.29, 1.82) is 0 Å². The van der Waals surface area contributed by atoms with Gasteiger partial charge < -0.3 is 15.2 Å². The number of benzene rings is 1. The summed E-state index contributed by atoms with van der Waals surface area (Å²) in [5.41, 5.74) is 6.70. The fraction of sp³-hybridized carbons (Fsp3) is 0.571. The van der Waals surface area contributed by atoms with E-state index in [9.17, 15) is 8.42 Å². The summed E-state index contributed by atoms with van der Waals surface area (Å²) in [4.78, 5) is 0. The van der Waals surface area contributed by atoms with Crippen molar-refractivity contribution in [3.63, 3.8) is 0 Å². The predicted molar refractivity (Wildman–Crippen MR) is 80.0 cm³/mol. The molecule has 1 rings (SSSR count). The Morgan fingerprint density at radius 2 is 1.90 bits per heavy atom. The lowest BCUT2D eigenvalue weighted by molar-refractivity contribution is 0.331. The van der Waals surface area contributed by atoms with Crippen molar-refractivity contribution in [2.24, 2.45) is 5.73 Å². The topological polar surface area (TPSA) is 78.6 Å². The van der Waals surface area contributed by atoms with Gasteiger partial charge in [0.15, 0.2) is 9.84 Å². The van der Waals surface area contributed by atoms with Gasteiger partial charge in [0.2, 0.25) is 0 Å². The molecule has 0 aliphatic heterocycles. The molecule has 0 amide bonds. The zero-order valence-corrected chi connectivity index (χ0v) is 13.2. The molecule has 0 aliphatic rings. The number of ether oxygens (including phenoxy) is 2. The largest absolute Gasteiger partial charge is 0.497 e.